The van der Waals surface area contributed by atoms with E-state index in [9.17, 15) is 4.79 Å². The molecule has 2 fully saturated rings. The Bertz CT molecular complexity index is 242. The molecule has 3 nitrogen and oxygen atoms in total. The van der Waals surface area contributed by atoms with Crippen LogP contribution < -0.4 is 0 Å². The minimum Gasteiger partial charge on any atom is -0.481 e. The number of rotatable bonds is 4. The van der Waals surface area contributed by atoms with Gasteiger partial charge in [-0.3, -0.25) is 4.79 Å². The Morgan fingerprint density at radius 2 is 1.94 bits per heavy atom. The lowest BCUT2D eigenvalue weighted by molar-refractivity contribution is -0.145. The fraction of sp³-hybridized carbons (Fsp3) is 0.923. The molecule has 0 spiro atoms. The fourth-order valence-corrected chi connectivity index (χ4v) is 3.01. The predicted molar refractivity (Wildman–Crippen MR) is 63.3 cm³/mol. The molecule has 3 heteroatoms. The standard InChI is InChI=1S/C13H23NO2/c1-10(13(15)16)12-8-14(9-12)7-11-5-3-2-4-6-11/h10-12H,2-9H2,1H3,(H,15,16). The summed E-state index contributed by atoms with van der Waals surface area (Å²) in [7, 11) is 0. The van der Waals surface area contributed by atoms with Gasteiger partial charge in [-0.2, -0.15) is 0 Å². The maximum atomic E-state index is 10.8. The van der Waals surface area contributed by atoms with Crippen molar-refractivity contribution in [3.05, 3.63) is 0 Å². The predicted octanol–water partition coefficient (Wildman–Crippen LogP) is 2.22. The second-order valence-corrected chi connectivity index (χ2v) is 5.61. The largest absolute Gasteiger partial charge is 0.481 e. The third-order valence-corrected chi connectivity index (χ3v) is 4.32. The Morgan fingerprint density at radius 1 is 1.31 bits per heavy atom. The molecule has 0 aromatic rings. The van der Waals surface area contributed by atoms with Gasteiger partial charge in [0.05, 0.1) is 5.92 Å². The SMILES string of the molecule is CC(C(=O)O)C1CN(CC2CCCCC2)C1. The summed E-state index contributed by atoms with van der Waals surface area (Å²) >= 11 is 0. The first-order chi connectivity index (χ1) is 7.66. The maximum absolute atomic E-state index is 10.8. The van der Waals surface area contributed by atoms with Crippen LogP contribution in [0.25, 0.3) is 0 Å². The molecule has 0 radical (unpaired) electrons. The van der Waals surface area contributed by atoms with Gasteiger partial charge < -0.3 is 10.0 Å². The number of carboxylic acid groups (broad SMARTS) is 1. The lowest BCUT2D eigenvalue weighted by Crippen LogP contribution is -2.52. The summed E-state index contributed by atoms with van der Waals surface area (Å²) in [4.78, 5) is 13.3. The highest BCUT2D eigenvalue weighted by Crippen LogP contribution is 2.29. The molecule has 1 heterocycles. The molecule has 2 rings (SSSR count). The number of nitrogens with zero attached hydrogens (tertiary/aromatic N) is 1. The van der Waals surface area contributed by atoms with Crippen LogP contribution in [0.4, 0.5) is 0 Å². The van der Waals surface area contributed by atoms with E-state index in [2.05, 4.69) is 4.90 Å². The Morgan fingerprint density at radius 3 is 2.50 bits per heavy atom. The topological polar surface area (TPSA) is 40.5 Å². The molecule has 1 saturated heterocycles. The molecular formula is C13H23NO2. The molecule has 2 aliphatic rings. The van der Waals surface area contributed by atoms with Crippen molar-refractivity contribution in [2.75, 3.05) is 19.6 Å². The maximum Gasteiger partial charge on any atom is 0.306 e. The third-order valence-electron chi connectivity index (χ3n) is 4.32. The first-order valence-electron chi connectivity index (χ1n) is 6.62. The molecule has 0 aromatic carbocycles. The van der Waals surface area contributed by atoms with Gasteiger partial charge in [0.15, 0.2) is 0 Å². The van der Waals surface area contributed by atoms with Gasteiger partial charge in [-0.05, 0) is 24.7 Å². The fourth-order valence-electron chi connectivity index (χ4n) is 3.01. The van der Waals surface area contributed by atoms with Crippen molar-refractivity contribution < 1.29 is 9.90 Å². The number of carbonyl (C=O) groups is 1. The summed E-state index contributed by atoms with van der Waals surface area (Å²) < 4.78 is 0. The van der Waals surface area contributed by atoms with Crippen molar-refractivity contribution in [1.82, 2.24) is 4.90 Å². The smallest absolute Gasteiger partial charge is 0.306 e. The highest BCUT2D eigenvalue weighted by molar-refractivity contribution is 5.70. The molecule has 0 bridgehead atoms. The average molecular weight is 225 g/mol. The van der Waals surface area contributed by atoms with Gasteiger partial charge in [-0.1, -0.05) is 26.2 Å². The van der Waals surface area contributed by atoms with Crippen LogP contribution >= 0.6 is 0 Å². The van der Waals surface area contributed by atoms with E-state index in [4.69, 9.17) is 5.11 Å². The van der Waals surface area contributed by atoms with Gasteiger partial charge in [0, 0.05) is 19.6 Å². The van der Waals surface area contributed by atoms with Crippen molar-refractivity contribution in [2.24, 2.45) is 17.8 Å². The van der Waals surface area contributed by atoms with Crippen LogP contribution in [0, 0.1) is 17.8 Å². The monoisotopic (exact) mass is 225 g/mol. The van der Waals surface area contributed by atoms with Crippen LogP contribution in [0.3, 0.4) is 0 Å². The number of hydrogen-bond donors (Lipinski definition) is 1. The minimum absolute atomic E-state index is 0.164. The van der Waals surface area contributed by atoms with Crippen molar-refractivity contribution in [1.29, 1.82) is 0 Å². The number of likely N-dealkylation sites (tertiary alicyclic amines) is 1. The van der Waals surface area contributed by atoms with Gasteiger partial charge in [0.25, 0.3) is 0 Å². The number of hydrogen-bond acceptors (Lipinski definition) is 2. The van der Waals surface area contributed by atoms with Gasteiger partial charge in [-0.15, -0.1) is 0 Å². The lowest BCUT2D eigenvalue weighted by atomic mass is 9.84. The van der Waals surface area contributed by atoms with E-state index < -0.39 is 5.97 Å². The Hall–Kier alpha value is -0.570. The van der Waals surface area contributed by atoms with Crippen LogP contribution in [0.2, 0.25) is 0 Å². The van der Waals surface area contributed by atoms with Crippen molar-refractivity contribution in [3.8, 4) is 0 Å². The van der Waals surface area contributed by atoms with Crippen LogP contribution in [-0.4, -0.2) is 35.6 Å². The second kappa shape index (κ2) is 5.17. The highest BCUT2D eigenvalue weighted by Gasteiger charge is 2.35. The normalized spacial score (nSPS) is 26.3. The van der Waals surface area contributed by atoms with Crippen molar-refractivity contribution >= 4 is 5.97 Å². The molecule has 1 unspecified atom stereocenters. The Labute approximate surface area is 97.8 Å². The zero-order valence-electron chi connectivity index (χ0n) is 10.2. The first kappa shape index (κ1) is 11.9. The van der Waals surface area contributed by atoms with E-state index >= 15 is 0 Å². The van der Waals surface area contributed by atoms with Gasteiger partial charge in [0.1, 0.15) is 0 Å². The van der Waals surface area contributed by atoms with E-state index in [-0.39, 0.29) is 5.92 Å². The van der Waals surface area contributed by atoms with Crippen LogP contribution in [0.5, 0.6) is 0 Å². The van der Waals surface area contributed by atoms with Crippen LogP contribution in [0.15, 0.2) is 0 Å². The summed E-state index contributed by atoms with van der Waals surface area (Å²) in [5.41, 5.74) is 0. The average Bonchev–Trinajstić information content (AvgIpc) is 2.23. The summed E-state index contributed by atoms with van der Waals surface area (Å²) in [6, 6.07) is 0. The Balaban J connectivity index is 1.66. The van der Waals surface area contributed by atoms with Crippen molar-refractivity contribution in [3.63, 3.8) is 0 Å². The second-order valence-electron chi connectivity index (χ2n) is 5.61. The summed E-state index contributed by atoms with van der Waals surface area (Å²) in [6.07, 6.45) is 6.97. The lowest BCUT2D eigenvalue weighted by Gasteiger charge is -2.43. The quantitative estimate of drug-likeness (QED) is 0.797. The zero-order valence-corrected chi connectivity index (χ0v) is 10.2. The zero-order chi connectivity index (χ0) is 11.5. The highest BCUT2D eigenvalue weighted by atomic mass is 16.4. The van der Waals surface area contributed by atoms with E-state index in [1.165, 1.54) is 38.6 Å². The first-order valence-corrected chi connectivity index (χ1v) is 6.62. The molecule has 1 N–H and O–H groups in total. The molecule has 1 atom stereocenters. The molecule has 16 heavy (non-hydrogen) atoms. The third kappa shape index (κ3) is 2.76. The minimum atomic E-state index is -0.637. The van der Waals surface area contributed by atoms with Crippen molar-refractivity contribution in [2.45, 2.75) is 39.0 Å². The van der Waals surface area contributed by atoms with E-state index in [1.54, 1.807) is 0 Å². The number of aliphatic carboxylic acids is 1. The molecule has 1 saturated carbocycles. The molecule has 1 aliphatic carbocycles. The molecule has 92 valence electrons. The summed E-state index contributed by atoms with van der Waals surface area (Å²) in [6.45, 7) is 5.06. The van der Waals surface area contributed by atoms with Crippen LogP contribution in [-0.2, 0) is 4.79 Å². The molecule has 1 aliphatic heterocycles. The molecule has 0 amide bonds. The molecule has 0 aromatic heterocycles. The van der Waals surface area contributed by atoms with E-state index in [1.807, 2.05) is 6.92 Å². The number of carboxylic acids is 1. The summed E-state index contributed by atoms with van der Waals surface area (Å²) in [5.74, 6) is 0.473. The Kier molecular flexibility index (Phi) is 3.85. The summed E-state index contributed by atoms with van der Waals surface area (Å²) in [5, 5.41) is 8.91. The van der Waals surface area contributed by atoms with E-state index in [0.29, 0.717) is 5.92 Å². The van der Waals surface area contributed by atoms with Gasteiger partial charge >= 0.3 is 5.97 Å². The van der Waals surface area contributed by atoms with Gasteiger partial charge in [-0.25, -0.2) is 0 Å². The van der Waals surface area contributed by atoms with E-state index in [0.717, 1.165) is 19.0 Å². The molecular weight excluding hydrogens is 202 g/mol. The van der Waals surface area contributed by atoms with Gasteiger partial charge in [0.2, 0.25) is 0 Å². The van der Waals surface area contributed by atoms with Crippen LogP contribution in [0.1, 0.15) is 39.0 Å².